The van der Waals surface area contributed by atoms with Gasteiger partial charge in [-0.3, -0.25) is 0 Å². The summed E-state index contributed by atoms with van der Waals surface area (Å²) in [5, 5.41) is 2.14. The number of halogens is 1. The van der Waals surface area contributed by atoms with Gasteiger partial charge in [0.05, 0.1) is 12.2 Å². The highest BCUT2D eigenvalue weighted by Gasteiger charge is 2.18. The van der Waals surface area contributed by atoms with Crippen LogP contribution in [0.1, 0.15) is 5.82 Å². The fourth-order valence-corrected chi connectivity index (χ4v) is 3.26. The molecule has 4 aromatic rings. The smallest absolute Gasteiger partial charge is 0.226 e. The summed E-state index contributed by atoms with van der Waals surface area (Å²) in [6, 6.07) is 13.8. The van der Waals surface area contributed by atoms with Crippen molar-refractivity contribution in [3.05, 3.63) is 84.0 Å². The minimum Gasteiger partial charge on any atom is -0.456 e. The van der Waals surface area contributed by atoms with Crippen molar-refractivity contribution in [2.24, 2.45) is 0 Å². The summed E-state index contributed by atoms with van der Waals surface area (Å²) in [5.74, 6) is 1.05. The molecule has 0 aliphatic heterocycles. The molecule has 5 heteroatoms. The van der Waals surface area contributed by atoms with Crippen LogP contribution in [0.25, 0.3) is 38.9 Å². The van der Waals surface area contributed by atoms with E-state index in [0.717, 1.165) is 33.1 Å². The van der Waals surface area contributed by atoms with Gasteiger partial charge in [0.1, 0.15) is 28.9 Å². The minimum atomic E-state index is 0.155. The molecule has 26 heavy (non-hydrogen) atoms. The van der Waals surface area contributed by atoms with Gasteiger partial charge < -0.3 is 4.42 Å². The van der Waals surface area contributed by atoms with Crippen LogP contribution in [0.15, 0.2) is 71.2 Å². The Labute approximate surface area is 154 Å². The highest BCUT2D eigenvalue weighted by Crippen LogP contribution is 2.35. The van der Waals surface area contributed by atoms with Crippen LogP contribution in [0.2, 0.25) is 5.28 Å². The van der Waals surface area contributed by atoms with Crippen LogP contribution in [-0.2, 0) is 0 Å². The monoisotopic (exact) mass is 356 g/mol. The summed E-state index contributed by atoms with van der Waals surface area (Å²) in [6.07, 6.45) is 10.4. The Morgan fingerprint density at radius 3 is 2.62 bits per heavy atom. The van der Waals surface area contributed by atoms with Crippen molar-refractivity contribution in [1.29, 1.82) is 0 Å². The Bertz CT molecular complexity index is 1250. The molecule has 1 aliphatic carbocycles. The molecule has 1 aliphatic rings. The molecule has 2 aromatic heterocycles. The third-order valence-corrected chi connectivity index (χ3v) is 4.40. The number of para-hydroxylation sites is 1. The first-order chi connectivity index (χ1) is 12.8. The van der Waals surface area contributed by atoms with Crippen LogP contribution >= 0.6 is 11.6 Å². The number of hydrogen-bond donors (Lipinski definition) is 0. The average Bonchev–Trinajstić information content (AvgIpc) is 3.07. The maximum absolute atomic E-state index is 6.20. The quantitative estimate of drug-likeness (QED) is 0.451. The lowest BCUT2D eigenvalue weighted by Crippen LogP contribution is -2.00. The lowest BCUT2D eigenvalue weighted by Gasteiger charge is -2.05. The molecule has 122 valence electrons. The topological polar surface area (TPSA) is 51.8 Å². The standard InChI is InChI=1S/C21H11ClN3O/c22-21-24-19(13-7-2-1-3-8-13)23-20(25-21)15-10-6-12-17-18(15)14-9-4-5-11-16(14)26-17/h2-12H/q+1. The summed E-state index contributed by atoms with van der Waals surface area (Å²) in [7, 11) is 0. The second-order valence-electron chi connectivity index (χ2n) is 5.82. The Morgan fingerprint density at radius 2 is 1.73 bits per heavy atom. The number of benzene rings is 2. The zero-order valence-corrected chi connectivity index (χ0v) is 14.2. The van der Waals surface area contributed by atoms with Gasteiger partial charge in [-0.15, -0.1) is 0 Å². The van der Waals surface area contributed by atoms with Crippen LogP contribution in [0.5, 0.6) is 0 Å². The molecule has 0 amide bonds. The van der Waals surface area contributed by atoms with Crippen LogP contribution < -0.4 is 0 Å². The maximum Gasteiger partial charge on any atom is 0.226 e. The normalized spacial score (nSPS) is 13.2. The Hall–Kier alpha value is -3.33. The molecule has 5 rings (SSSR count). The van der Waals surface area contributed by atoms with E-state index < -0.39 is 0 Å². The summed E-state index contributed by atoms with van der Waals surface area (Å²) in [6.45, 7) is 0. The van der Waals surface area contributed by atoms with Crippen molar-refractivity contribution in [2.75, 3.05) is 0 Å². The first-order valence-electron chi connectivity index (χ1n) is 8.08. The molecule has 0 spiro atoms. The molecule has 0 saturated carbocycles. The molecule has 2 heterocycles. The number of allylic oxidation sites excluding steroid dienone is 6. The zero-order chi connectivity index (χ0) is 17.5. The Morgan fingerprint density at radius 1 is 0.885 bits per heavy atom. The summed E-state index contributed by atoms with van der Waals surface area (Å²) >= 11 is 6.20. The van der Waals surface area contributed by atoms with Crippen LogP contribution in [0.4, 0.5) is 0 Å². The summed E-state index contributed by atoms with van der Waals surface area (Å²) in [5.41, 5.74) is 3.34. The highest BCUT2D eigenvalue weighted by molar-refractivity contribution is 6.28. The number of fused-ring (bicyclic) bond motifs is 3. The molecule has 0 radical (unpaired) electrons. The maximum atomic E-state index is 6.20. The first kappa shape index (κ1) is 15.0. The molecule has 0 unspecified atom stereocenters. The van der Waals surface area contributed by atoms with E-state index in [1.165, 1.54) is 0 Å². The second-order valence-corrected chi connectivity index (χ2v) is 6.16. The predicted molar refractivity (Wildman–Crippen MR) is 102 cm³/mol. The van der Waals surface area contributed by atoms with Gasteiger partial charge in [0.25, 0.3) is 0 Å². The van der Waals surface area contributed by atoms with E-state index in [1.807, 2.05) is 66.8 Å². The van der Waals surface area contributed by atoms with E-state index in [-0.39, 0.29) is 5.28 Å². The molecule has 4 nitrogen and oxygen atoms in total. The van der Waals surface area contributed by atoms with Gasteiger partial charge in [0.15, 0.2) is 11.6 Å². The summed E-state index contributed by atoms with van der Waals surface area (Å²) < 4.78 is 5.95. The molecular formula is C21H11ClN3O+. The van der Waals surface area contributed by atoms with E-state index >= 15 is 0 Å². The molecule has 0 fully saturated rings. The molecule has 0 saturated heterocycles. The van der Waals surface area contributed by atoms with Gasteiger partial charge in [-0.05, 0) is 23.7 Å². The van der Waals surface area contributed by atoms with E-state index in [4.69, 9.17) is 16.0 Å². The summed E-state index contributed by atoms with van der Waals surface area (Å²) in [4.78, 5) is 13.3. The van der Waals surface area contributed by atoms with Gasteiger partial charge in [0, 0.05) is 22.4 Å². The van der Waals surface area contributed by atoms with Crippen LogP contribution in [0, 0.1) is 6.08 Å². The van der Waals surface area contributed by atoms with Crippen molar-refractivity contribution < 1.29 is 4.42 Å². The van der Waals surface area contributed by atoms with E-state index in [1.54, 1.807) is 0 Å². The number of furan rings is 1. The Balaban J connectivity index is 1.78. The van der Waals surface area contributed by atoms with Gasteiger partial charge in [-0.2, -0.15) is 9.97 Å². The first-order valence-corrected chi connectivity index (χ1v) is 8.46. The van der Waals surface area contributed by atoms with Crippen LogP contribution in [0.3, 0.4) is 0 Å². The second kappa shape index (κ2) is 5.88. The van der Waals surface area contributed by atoms with Crippen molar-refractivity contribution in [2.45, 2.75) is 0 Å². The van der Waals surface area contributed by atoms with Crippen LogP contribution in [-0.4, -0.2) is 15.0 Å². The SMILES string of the molecule is Clc1nc(C2=CC=[C+]C=C2)nc(-c2cccc3oc4ccccc4c23)n1. The van der Waals surface area contributed by atoms with Crippen molar-refractivity contribution in [3.63, 3.8) is 0 Å². The number of hydrogen-bond acceptors (Lipinski definition) is 4. The molecule has 0 bridgehead atoms. The molecule has 2 aromatic carbocycles. The molecule has 0 N–H and O–H groups in total. The third-order valence-electron chi connectivity index (χ3n) is 4.23. The third kappa shape index (κ3) is 2.40. The molecule has 0 atom stereocenters. The lowest BCUT2D eigenvalue weighted by molar-refractivity contribution is 0.669. The Kier molecular flexibility index (Phi) is 3.39. The zero-order valence-electron chi connectivity index (χ0n) is 13.5. The fraction of sp³-hybridized carbons (Fsp3) is 0. The number of aromatic nitrogens is 3. The van der Waals surface area contributed by atoms with Gasteiger partial charge in [-0.1, -0.05) is 30.3 Å². The number of nitrogens with zero attached hydrogens (tertiary/aromatic N) is 3. The minimum absolute atomic E-state index is 0.155. The van der Waals surface area contributed by atoms with E-state index in [2.05, 4.69) is 21.0 Å². The van der Waals surface area contributed by atoms with Gasteiger partial charge in [0.2, 0.25) is 5.28 Å². The number of rotatable bonds is 2. The highest BCUT2D eigenvalue weighted by atomic mass is 35.5. The largest absolute Gasteiger partial charge is 0.456 e. The van der Waals surface area contributed by atoms with E-state index in [9.17, 15) is 0 Å². The fourth-order valence-electron chi connectivity index (χ4n) is 3.10. The molecular weight excluding hydrogens is 346 g/mol. The van der Waals surface area contributed by atoms with Gasteiger partial charge in [-0.25, -0.2) is 4.98 Å². The van der Waals surface area contributed by atoms with Crippen molar-refractivity contribution >= 4 is 39.1 Å². The predicted octanol–water partition coefficient (Wildman–Crippen LogP) is 5.40. The van der Waals surface area contributed by atoms with Crippen molar-refractivity contribution in [3.8, 4) is 11.4 Å². The lowest BCUT2D eigenvalue weighted by atomic mass is 10.1. The van der Waals surface area contributed by atoms with E-state index in [0.29, 0.717) is 11.6 Å². The average molecular weight is 357 g/mol. The van der Waals surface area contributed by atoms with Crippen molar-refractivity contribution in [1.82, 2.24) is 15.0 Å². The van der Waals surface area contributed by atoms with Gasteiger partial charge >= 0.3 is 0 Å².